The van der Waals surface area contributed by atoms with Gasteiger partial charge < -0.3 is 19.4 Å². The van der Waals surface area contributed by atoms with Crippen molar-refractivity contribution in [2.24, 2.45) is 0 Å². The molecule has 1 saturated carbocycles. The largest absolute Gasteiger partial charge is 0.490 e. The monoisotopic (exact) mass is 577 g/mol. The number of benzene rings is 2. The lowest BCUT2D eigenvalue weighted by atomic mass is 10.0. The fraction of sp³-hybridized carbons (Fsp3) is 0.241. The summed E-state index contributed by atoms with van der Waals surface area (Å²) in [6.45, 7) is 0. The quantitative estimate of drug-likeness (QED) is 0.236. The van der Waals surface area contributed by atoms with Gasteiger partial charge in [-0.15, -0.1) is 0 Å². The molecule has 37 heavy (non-hydrogen) atoms. The zero-order valence-corrected chi connectivity index (χ0v) is 22.3. The highest BCUT2D eigenvalue weighted by Crippen LogP contribution is 2.44. The first-order chi connectivity index (χ1) is 18.1. The third-order valence-electron chi connectivity index (χ3n) is 6.93. The second-order valence-corrected chi connectivity index (χ2v) is 10.6. The lowest BCUT2D eigenvalue weighted by Crippen LogP contribution is -2.29. The zero-order valence-electron chi connectivity index (χ0n) is 19.9. The van der Waals surface area contributed by atoms with Gasteiger partial charge in [0.15, 0.2) is 5.11 Å². The van der Waals surface area contributed by atoms with Crippen molar-refractivity contribution in [1.29, 1.82) is 0 Å². The Bertz CT molecular complexity index is 1410. The predicted molar refractivity (Wildman–Crippen MR) is 149 cm³/mol. The Hall–Kier alpha value is -3.23. The maximum atomic E-state index is 13.7. The van der Waals surface area contributed by atoms with E-state index in [1.807, 2.05) is 54.6 Å². The van der Waals surface area contributed by atoms with Gasteiger partial charge in [0, 0.05) is 21.9 Å². The van der Waals surface area contributed by atoms with Crippen LogP contribution in [0, 0.1) is 5.82 Å². The van der Waals surface area contributed by atoms with Crippen molar-refractivity contribution in [1.82, 2.24) is 10.3 Å². The summed E-state index contributed by atoms with van der Waals surface area (Å²) in [5.41, 5.74) is 2.57. The molecular formula is C29H25BrFN3O2S. The normalized spacial score (nSPS) is 19.8. The summed E-state index contributed by atoms with van der Waals surface area (Å²) < 4.78 is 26.9. The molecule has 2 aliphatic rings. The van der Waals surface area contributed by atoms with Gasteiger partial charge in [0.1, 0.15) is 29.1 Å². The number of anilines is 1. The topological polar surface area (TPSA) is 50.5 Å². The minimum Gasteiger partial charge on any atom is -0.490 e. The van der Waals surface area contributed by atoms with Crippen LogP contribution in [0.3, 0.4) is 0 Å². The van der Waals surface area contributed by atoms with Gasteiger partial charge in [-0.2, -0.15) is 0 Å². The van der Waals surface area contributed by atoms with Crippen molar-refractivity contribution in [3.05, 3.63) is 101 Å². The number of furan rings is 1. The minimum atomic E-state index is -0.311. The molecule has 6 rings (SSSR count). The fourth-order valence-electron chi connectivity index (χ4n) is 5.15. The third-order valence-corrected chi connectivity index (χ3v) is 7.90. The Morgan fingerprint density at radius 3 is 2.57 bits per heavy atom. The van der Waals surface area contributed by atoms with E-state index in [0.717, 1.165) is 41.3 Å². The molecule has 8 heteroatoms. The summed E-state index contributed by atoms with van der Waals surface area (Å²) in [6.07, 6.45) is 6.76. The molecule has 0 unspecified atom stereocenters. The van der Waals surface area contributed by atoms with Crippen LogP contribution in [0.15, 0.2) is 87.9 Å². The van der Waals surface area contributed by atoms with Gasteiger partial charge >= 0.3 is 0 Å². The molecule has 5 nitrogen and oxygen atoms in total. The van der Waals surface area contributed by atoms with Crippen LogP contribution in [0.5, 0.6) is 5.75 Å². The van der Waals surface area contributed by atoms with E-state index in [0.29, 0.717) is 21.4 Å². The van der Waals surface area contributed by atoms with E-state index < -0.39 is 0 Å². The molecule has 1 N–H and O–H groups in total. The highest BCUT2D eigenvalue weighted by molar-refractivity contribution is 9.10. The number of aromatic nitrogens is 1. The lowest BCUT2D eigenvalue weighted by molar-refractivity contribution is 0.210. The summed E-state index contributed by atoms with van der Waals surface area (Å²) in [5.74, 6) is 1.92. The van der Waals surface area contributed by atoms with Gasteiger partial charge in [-0.3, -0.25) is 4.98 Å². The van der Waals surface area contributed by atoms with Crippen molar-refractivity contribution < 1.29 is 13.5 Å². The SMILES string of the molecule is Fc1ccc(-c2ccc([C@@H]3[C@H](c4ccccn4)NC(=S)N3c3ccc(OC4CCCC4)cc3)o2)c(Br)c1. The minimum absolute atomic E-state index is 0.223. The summed E-state index contributed by atoms with van der Waals surface area (Å²) in [7, 11) is 0. The molecule has 1 saturated heterocycles. The Balaban J connectivity index is 1.36. The Morgan fingerprint density at radius 1 is 1.03 bits per heavy atom. The zero-order chi connectivity index (χ0) is 25.4. The van der Waals surface area contributed by atoms with Crippen LogP contribution in [-0.4, -0.2) is 16.2 Å². The lowest BCUT2D eigenvalue weighted by Gasteiger charge is -2.26. The van der Waals surface area contributed by atoms with E-state index in [9.17, 15) is 4.39 Å². The molecule has 4 aromatic rings. The molecule has 0 radical (unpaired) electrons. The van der Waals surface area contributed by atoms with E-state index in [4.69, 9.17) is 21.4 Å². The highest BCUT2D eigenvalue weighted by Gasteiger charge is 2.42. The smallest absolute Gasteiger partial charge is 0.174 e. The van der Waals surface area contributed by atoms with Gasteiger partial charge in [-0.25, -0.2) is 4.39 Å². The van der Waals surface area contributed by atoms with E-state index >= 15 is 0 Å². The summed E-state index contributed by atoms with van der Waals surface area (Å²) >= 11 is 9.28. The van der Waals surface area contributed by atoms with E-state index in [2.05, 4.69) is 31.1 Å². The van der Waals surface area contributed by atoms with Gasteiger partial charge in [-0.1, -0.05) is 6.07 Å². The molecule has 1 aliphatic carbocycles. The standard InChI is InChI=1S/C29H25BrFN3O2S/c30-23-17-18(31)8-13-22(23)25-14-15-26(36-25)28-27(24-7-3-4-16-32-24)33-29(37)34(28)19-9-11-21(12-10-19)35-20-5-1-2-6-20/h3-4,7-17,20,27-28H,1-2,5-6H2,(H,33,37)/t27-,28+/m0/s1. The van der Waals surface area contributed by atoms with Crippen molar-refractivity contribution in [2.45, 2.75) is 43.9 Å². The molecule has 0 spiro atoms. The molecule has 2 aromatic heterocycles. The van der Waals surface area contributed by atoms with Gasteiger partial charge in [0.2, 0.25) is 0 Å². The number of rotatable bonds is 6. The van der Waals surface area contributed by atoms with Crippen LogP contribution in [0.2, 0.25) is 0 Å². The first-order valence-electron chi connectivity index (χ1n) is 12.4. The number of pyridine rings is 1. The molecule has 2 atom stereocenters. The number of halogens is 2. The highest BCUT2D eigenvalue weighted by atomic mass is 79.9. The van der Waals surface area contributed by atoms with Crippen LogP contribution in [0.1, 0.15) is 49.2 Å². The average molecular weight is 579 g/mol. The number of hydrogen-bond acceptors (Lipinski definition) is 4. The molecule has 188 valence electrons. The molecule has 1 aliphatic heterocycles. The van der Waals surface area contributed by atoms with E-state index in [-0.39, 0.29) is 17.9 Å². The van der Waals surface area contributed by atoms with Crippen molar-refractivity contribution in [3.8, 4) is 17.1 Å². The maximum Gasteiger partial charge on any atom is 0.174 e. The average Bonchev–Trinajstić information content (AvgIpc) is 3.66. The summed E-state index contributed by atoms with van der Waals surface area (Å²) in [4.78, 5) is 6.67. The van der Waals surface area contributed by atoms with Crippen molar-refractivity contribution in [2.75, 3.05) is 4.90 Å². The first-order valence-corrected chi connectivity index (χ1v) is 13.6. The molecule has 0 bridgehead atoms. The predicted octanol–water partition coefficient (Wildman–Crippen LogP) is 7.74. The Morgan fingerprint density at radius 2 is 1.84 bits per heavy atom. The number of ether oxygens (including phenoxy) is 1. The van der Waals surface area contributed by atoms with E-state index in [1.165, 1.54) is 25.0 Å². The van der Waals surface area contributed by atoms with Crippen LogP contribution in [0.25, 0.3) is 11.3 Å². The van der Waals surface area contributed by atoms with Gasteiger partial charge in [-0.05, 0) is 121 Å². The van der Waals surface area contributed by atoms with Crippen LogP contribution in [-0.2, 0) is 0 Å². The second kappa shape index (κ2) is 10.3. The maximum absolute atomic E-state index is 13.7. The van der Waals surface area contributed by atoms with Gasteiger partial charge in [0.05, 0.1) is 17.8 Å². The van der Waals surface area contributed by atoms with Crippen LogP contribution in [0.4, 0.5) is 10.1 Å². The first kappa shape index (κ1) is 24.1. The van der Waals surface area contributed by atoms with Crippen molar-refractivity contribution in [3.63, 3.8) is 0 Å². The van der Waals surface area contributed by atoms with Crippen molar-refractivity contribution >= 4 is 38.9 Å². The second-order valence-electron chi connectivity index (χ2n) is 9.34. The number of nitrogens with one attached hydrogen (secondary N) is 1. The van der Waals surface area contributed by atoms with Crippen LogP contribution < -0.4 is 15.0 Å². The molecule has 3 heterocycles. The number of hydrogen-bond donors (Lipinski definition) is 1. The number of thiocarbonyl (C=S) groups is 1. The summed E-state index contributed by atoms with van der Waals surface area (Å²) in [6, 6.07) is 21.8. The summed E-state index contributed by atoms with van der Waals surface area (Å²) in [5, 5.41) is 4.04. The Labute approximate surface area is 228 Å². The Kier molecular flexibility index (Phi) is 6.69. The third kappa shape index (κ3) is 4.88. The molecule has 2 aromatic carbocycles. The number of nitrogens with zero attached hydrogens (tertiary/aromatic N) is 2. The molecule has 2 fully saturated rings. The fourth-order valence-corrected chi connectivity index (χ4v) is 6.04. The van der Waals surface area contributed by atoms with Gasteiger partial charge in [0.25, 0.3) is 0 Å². The van der Waals surface area contributed by atoms with Crippen LogP contribution >= 0.6 is 28.1 Å². The van der Waals surface area contributed by atoms with E-state index in [1.54, 1.807) is 12.3 Å². The molecular weight excluding hydrogens is 553 g/mol. The molecule has 0 amide bonds.